The molecular weight excluding hydrogens is 236 g/mol. The number of hydrogen-bond acceptors (Lipinski definition) is 3. The van der Waals surface area contributed by atoms with Crippen LogP contribution in [-0.2, 0) is 5.60 Å². The molecule has 3 rings (SSSR count). The number of aliphatic hydroxyl groups is 1. The summed E-state index contributed by atoms with van der Waals surface area (Å²) in [6.07, 6.45) is 3.33. The summed E-state index contributed by atoms with van der Waals surface area (Å²) in [5, 5.41) is 12.2. The van der Waals surface area contributed by atoms with Gasteiger partial charge in [-0.1, -0.05) is 24.3 Å². The number of rotatable bonds is 1. The van der Waals surface area contributed by atoms with Crippen molar-refractivity contribution in [1.29, 1.82) is 0 Å². The van der Waals surface area contributed by atoms with E-state index in [1.165, 1.54) is 0 Å². The lowest BCUT2D eigenvalue weighted by Crippen LogP contribution is -2.46. The zero-order valence-electron chi connectivity index (χ0n) is 11.5. The van der Waals surface area contributed by atoms with Gasteiger partial charge in [0.25, 0.3) is 0 Å². The smallest absolute Gasteiger partial charge is 0.0944 e. The first-order valence-corrected chi connectivity index (χ1v) is 6.87. The van der Waals surface area contributed by atoms with Crippen molar-refractivity contribution in [2.75, 3.05) is 13.6 Å². The Balaban J connectivity index is 2.09. The molecule has 1 aliphatic heterocycles. The third-order valence-electron chi connectivity index (χ3n) is 4.40. The summed E-state index contributed by atoms with van der Waals surface area (Å²) in [5.41, 5.74) is 1.16. The molecule has 0 spiro atoms. The Morgan fingerprint density at radius 3 is 2.89 bits per heavy atom. The van der Waals surface area contributed by atoms with Crippen molar-refractivity contribution in [3.8, 4) is 0 Å². The fourth-order valence-electron chi connectivity index (χ4n) is 3.05. The Hall–Kier alpha value is -1.45. The molecule has 0 amide bonds. The van der Waals surface area contributed by atoms with Crippen LogP contribution < -0.4 is 0 Å². The SMILES string of the molecule is CC1CC(O)(c2cccc3cccnc23)CCN1C. The molecule has 1 fully saturated rings. The number of pyridine rings is 1. The third-order valence-corrected chi connectivity index (χ3v) is 4.40. The van der Waals surface area contributed by atoms with E-state index in [9.17, 15) is 5.11 Å². The molecule has 0 aliphatic carbocycles. The summed E-state index contributed by atoms with van der Waals surface area (Å²) in [7, 11) is 2.12. The van der Waals surface area contributed by atoms with Gasteiger partial charge in [-0.3, -0.25) is 4.98 Å². The minimum atomic E-state index is -0.750. The standard InChI is InChI=1S/C16H20N2O/c1-12-11-16(19,8-10-18(12)2)14-7-3-5-13-6-4-9-17-15(13)14/h3-7,9,12,19H,8,10-11H2,1-2H3. The molecule has 100 valence electrons. The first-order chi connectivity index (χ1) is 9.10. The van der Waals surface area contributed by atoms with Gasteiger partial charge in [0.1, 0.15) is 0 Å². The van der Waals surface area contributed by atoms with Gasteiger partial charge in [-0.15, -0.1) is 0 Å². The zero-order valence-corrected chi connectivity index (χ0v) is 11.5. The summed E-state index contributed by atoms with van der Waals surface area (Å²) in [5.74, 6) is 0. The van der Waals surface area contributed by atoms with Gasteiger partial charge in [-0.25, -0.2) is 0 Å². The molecule has 0 radical (unpaired) electrons. The number of nitrogens with zero attached hydrogens (tertiary/aromatic N) is 2. The molecule has 1 aromatic carbocycles. The average Bonchev–Trinajstić information content (AvgIpc) is 2.43. The number of likely N-dealkylation sites (tertiary alicyclic amines) is 1. The molecule has 1 aliphatic rings. The van der Waals surface area contributed by atoms with Crippen LogP contribution >= 0.6 is 0 Å². The molecule has 2 aromatic rings. The Bertz CT molecular complexity index is 593. The predicted molar refractivity (Wildman–Crippen MR) is 77.0 cm³/mol. The van der Waals surface area contributed by atoms with E-state index in [0.717, 1.165) is 35.9 Å². The van der Waals surface area contributed by atoms with Crippen molar-refractivity contribution in [3.63, 3.8) is 0 Å². The quantitative estimate of drug-likeness (QED) is 0.852. The normalized spacial score (nSPS) is 28.7. The second-order valence-corrected chi connectivity index (χ2v) is 5.70. The molecular formula is C16H20N2O. The molecule has 0 saturated carbocycles. The summed E-state index contributed by atoms with van der Waals surface area (Å²) < 4.78 is 0. The van der Waals surface area contributed by atoms with E-state index in [1.807, 2.05) is 30.3 Å². The fourth-order valence-corrected chi connectivity index (χ4v) is 3.05. The van der Waals surface area contributed by atoms with E-state index in [2.05, 4.69) is 23.9 Å². The number of fused-ring (bicyclic) bond motifs is 1. The number of benzene rings is 1. The number of aromatic nitrogens is 1. The number of piperidine rings is 1. The first kappa shape index (κ1) is 12.6. The lowest BCUT2D eigenvalue weighted by molar-refractivity contribution is -0.0398. The Labute approximate surface area is 113 Å². The lowest BCUT2D eigenvalue weighted by Gasteiger charge is -2.41. The Kier molecular flexibility index (Phi) is 3.03. The maximum Gasteiger partial charge on any atom is 0.0944 e. The molecule has 2 atom stereocenters. The molecule has 1 aromatic heterocycles. The van der Waals surface area contributed by atoms with Crippen LogP contribution in [0.3, 0.4) is 0 Å². The molecule has 0 bridgehead atoms. The highest BCUT2D eigenvalue weighted by molar-refractivity contribution is 5.82. The van der Waals surface area contributed by atoms with Crippen molar-refractivity contribution in [1.82, 2.24) is 9.88 Å². The van der Waals surface area contributed by atoms with E-state index in [1.54, 1.807) is 6.20 Å². The van der Waals surface area contributed by atoms with Crippen molar-refractivity contribution >= 4 is 10.9 Å². The minimum Gasteiger partial charge on any atom is -0.385 e. The lowest BCUT2D eigenvalue weighted by atomic mass is 9.80. The molecule has 1 N–H and O–H groups in total. The van der Waals surface area contributed by atoms with Crippen LogP contribution in [0.2, 0.25) is 0 Å². The largest absolute Gasteiger partial charge is 0.385 e. The van der Waals surface area contributed by atoms with Crippen LogP contribution in [0.5, 0.6) is 0 Å². The molecule has 2 heterocycles. The Morgan fingerprint density at radius 2 is 2.11 bits per heavy atom. The van der Waals surface area contributed by atoms with Gasteiger partial charge in [-0.05, 0) is 32.9 Å². The maximum atomic E-state index is 11.1. The van der Waals surface area contributed by atoms with E-state index in [4.69, 9.17) is 0 Å². The van der Waals surface area contributed by atoms with Crippen LogP contribution in [0.25, 0.3) is 10.9 Å². The fraction of sp³-hybridized carbons (Fsp3) is 0.438. The Morgan fingerprint density at radius 1 is 1.32 bits per heavy atom. The van der Waals surface area contributed by atoms with Crippen molar-refractivity contribution in [2.24, 2.45) is 0 Å². The molecule has 2 unspecified atom stereocenters. The van der Waals surface area contributed by atoms with E-state index in [0.29, 0.717) is 6.04 Å². The topological polar surface area (TPSA) is 36.4 Å². The minimum absolute atomic E-state index is 0.387. The molecule has 19 heavy (non-hydrogen) atoms. The van der Waals surface area contributed by atoms with Gasteiger partial charge >= 0.3 is 0 Å². The second-order valence-electron chi connectivity index (χ2n) is 5.70. The van der Waals surface area contributed by atoms with Crippen LogP contribution in [0.4, 0.5) is 0 Å². The predicted octanol–water partition coefficient (Wildman–Crippen LogP) is 2.54. The zero-order chi connectivity index (χ0) is 13.5. The van der Waals surface area contributed by atoms with Gasteiger partial charge < -0.3 is 10.0 Å². The second kappa shape index (κ2) is 4.58. The van der Waals surface area contributed by atoms with Gasteiger partial charge in [0.15, 0.2) is 0 Å². The highest BCUT2D eigenvalue weighted by atomic mass is 16.3. The van der Waals surface area contributed by atoms with Crippen LogP contribution in [-0.4, -0.2) is 34.6 Å². The summed E-state index contributed by atoms with van der Waals surface area (Å²) >= 11 is 0. The third kappa shape index (κ3) is 2.13. The van der Waals surface area contributed by atoms with Gasteiger partial charge in [0, 0.05) is 29.7 Å². The van der Waals surface area contributed by atoms with Crippen LogP contribution in [0.15, 0.2) is 36.5 Å². The highest BCUT2D eigenvalue weighted by Crippen LogP contribution is 2.37. The molecule has 3 nitrogen and oxygen atoms in total. The average molecular weight is 256 g/mol. The van der Waals surface area contributed by atoms with Gasteiger partial charge in [0.05, 0.1) is 11.1 Å². The van der Waals surface area contributed by atoms with E-state index in [-0.39, 0.29) is 0 Å². The highest BCUT2D eigenvalue weighted by Gasteiger charge is 2.37. The monoisotopic (exact) mass is 256 g/mol. The maximum absolute atomic E-state index is 11.1. The molecule has 1 saturated heterocycles. The van der Waals surface area contributed by atoms with E-state index >= 15 is 0 Å². The van der Waals surface area contributed by atoms with Crippen LogP contribution in [0, 0.1) is 0 Å². The van der Waals surface area contributed by atoms with E-state index < -0.39 is 5.60 Å². The van der Waals surface area contributed by atoms with Gasteiger partial charge in [0.2, 0.25) is 0 Å². The van der Waals surface area contributed by atoms with Crippen molar-refractivity contribution in [3.05, 3.63) is 42.1 Å². The van der Waals surface area contributed by atoms with Crippen molar-refractivity contribution in [2.45, 2.75) is 31.4 Å². The van der Waals surface area contributed by atoms with Gasteiger partial charge in [-0.2, -0.15) is 0 Å². The first-order valence-electron chi connectivity index (χ1n) is 6.87. The number of para-hydroxylation sites is 1. The molecule has 3 heteroatoms. The summed E-state index contributed by atoms with van der Waals surface area (Å²) in [6.45, 7) is 3.09. The van der Waals surface area contributed by atoms with Crippen LogP contribution in [0.1, 0.15) is 25.3 Å². The van der Waals surface area contributed by atoms with Crippen molar-refractivity contribution < 1.29 is 5.11 Å². The number of hydrogen-bond donors (Lipinski definition) is 1. The summed E-state index contributed by atoms with van der Waals surface area (Å²) in [4.78, 5) is 6.77. The summed E-state index contributed by atoms with van der Waals surface area (Å²) in [6, 6.07) is 10.5.